The van der Waals surface area contributed by atoms with Gasteiger partial charge in [0.25, 0.3) is 20.0 Å². The lowest BCUT2D eigenvalue weighted by atomic mass is 10.2. The van der Waals surface area contributed by atoms with Crippen LogP contribution in [0.15, 0.2) is 99.2 Å². The molecule has 0 radical (unpaired) electrons. The van der Waals surface area contributed by atoms with Crippen LogP contribution in [-0.4, -0.2) is 24.8 Å². The molecule has 0 bridgehead atoms. The zero-order chi connectivity index (χ0) is 27.0. The van der Waals surface area contributed by atoms with Gasteiger partial charge in [0.1, 0.15) is 0 Å². The molecular formula is C28H20BrClN2O4S2. The summed E-state index contributed by atoms with van der Waals surface area (Å²) in [6, 6.07) is 23.1. The fraction of sp³-hybridized carbons (Fsp3) is 0.0714. The number of benzene rings is 4. The molecule has 0 aliphatic heterocycles. The third-order valence-corrected chi connectivity index (χ3v) is 10.8. The minimum atomic E-state index is -4.14. The number of hydrogen-bond acceptors (Lipinski definition) is 4. The summed E-state index contributed by atoms with van der Waals surface area (Å²) < 4.78 is 59.8. The Labute approximate surface area is 233 Å². The second-order valence-corrected chi connectivity index (χ2v) is 14.1. The molecule has 0 atom stereocenters. The highest BCUT2D eigenvalue weighted by molar-refractivity contribution is 9.10. The number of halogens is 2. The van der Waals surface area contributed by atoms with Crippen molar-refractivity contribution in [3.8, 4) is 0 Å². The van der Waals surface area contributed by atoms with Crippen molar-refractivity contribution in [2.45, 2.75) is 23.6 Å². The van der Waals surface area contributed by atoms with E-state index in [2.05, 4.69) is 15.9 Å². The van der Waals surface area contributed by atoms with Crippen LogP contribution in [0.1, 0.15) is 11.1 Å². The highest BCUT2D eigenvalue weighted by Gasteiger charge is 2.32. The van der Waals surface area contributed by atoms with Crippen LogP contribution >= 0.6 is 27.5 Å². The Morgan fingerprint density at radius 3 is 1.50 bits per heavy atom. The standard InChI is InChI=1S/C28H20BrClN2O4S2/c1-17-3-9-21(10-4-17)37(33,34)31-25-13-7-19(29)15-23(25)27-28(31)24-16-20(30)8-14-26(24)32(27)38(35,36)22-11-5-18(2)6-12-22/h3-16H,1-2H3. The molecule has 0 unspecified atom stereocenters. The number of rotatable bonds is 4. The lowest BCUT2D eigenvalue weighted by molar-refractivity contribution is 0.588. The Hall–Kier alpha value is -3.11. The van der Waals surface area contributed by atoms with Gasteiger partial charge in [-0.25, -0.2) is 24.8 Å². The van der Waals surface area contributed by atoms with Crippen LogP contribution in [-0.2, 0) is 20.0 Å². The monoisotopic (exact) mass is 626 g/mol. The molecule has 4 aromatic carbocycles. The van der Waals surface area contributed by atoms with E-state index < -0.39 is 20.0 Å². The Balaban J connectivity index is 1.85. The van der Waals surface area contributed by atoms with Crippen LogP contribution in [0.4, 0.5) is 0 Å². The Morgan fingerprint density at radius 1 is 0.605 bits per heavy atom. The van der Waals surface area contributed by atoms with Gasteiger partial charge in [-0.3, -0.25) is 0 Å². The van der Waals surface area contributed by atoms with Gasteiger partial charge in [-0.2, -0.15) is 0 Å². The molecule has 10 heteroatoms. The summed E-state index contributed by atoms with van der Waals surface area (Å²) in [5.41, 5.74) is 3.02. The van der Waals surface area contributed by atoms with E-state index in [1.54, 1.807) is 84.9 Å². The molecule has 0 saturated heterocycles. The third-order valence-electron chi connectivity index (χ3n) is 6.61. The van der Waals surface area contributed by atoms with Gasteiger partial charge in [0.2, 0.25) is 0 Å². The first-order chi connectivity index (χ1) is 18.0. The molecule has 0 N–H and O–H groups in total. The van der Waals surface area contributed by atoms with E-state index in [1.807, 2.05) is 13.8 Å². The highest BCUT2D eigenvalue weighted by Crippen LogP contribution is 2.42. The molecule has 6 aromatic rings. The SMILES string of the molecule is Cc1ccc(S(=O)(=O)n2c3ccc(Br)cc3c3c2c2cc(Cl)ccc2n3S(=O)(=O)c2ccc(C)cc2)cc1. The van der Waals surface area contributed by atoms with E-state index in [4.69, 9.17) is 11.6 Å². The molecule has 6 rings (SSSR count). The summed E-state index contributed by atoms with van der Waals surface area (Å²) in [5.74, 6) is 0. The molecule has 0 amide bonds. The van der Waals surface area contributed by atoms with Gasteiger partial charge in [-0.1, -0.05) is 62.9 Å². The average molecular weight is 628 g/mol. The molecule has 2 aromatic heterocycles. The van der Waals surface area contributed by atoms with Crippen molar-refractivity contribution in [2.75, 3.05) is 0 Å². The first kappa shape index (κ1) is 25.2. The molecular weight excluding hydrogens is 608 g/mol. The van der Waals surface area contributed by atoms with Crippen molar-refractivity contribution in [1.82, 2.24) is 7.94 Å². The van der Waals surface area contributed by atoms with Crippen molar-refractivity contribution in [2.24, 2.45) is 0 Å². The summed E-state index contributed by atoms with van der Waals surface area (Å²) >= 11 is 9.85. The maximum atomic E-state index is 14.2. The van der Waals surface area contributed by atoms with Crippen LogP contribution in [0, 0.1) is 13.8 Å². The van der Waals surface area contributed by atoms with Crippen molar-refractivity contribution in [1.29, 1.82) is 0 Å². The van der Waals surface area contributed by atoms with Gasteiger partial charge in [-0.05, 0) is 74.5 Å². The topological polar surface area (TPSA) is 78.1 Å². The molecule has 0 saturated carbocycles. The van der Waals surface area contributed by atoms with Crippen LogP contribution in [0.2, 0.25) is 5.02 Å². The maximum Gasteiger partial charge on any atom is 0.268 e. The van der Waals surface area contributed by atoms with Crippen molar-refractivity contribution >= 4 is 80.4 Å². The number of hydrogen-bond donors (Lipinski definition) is 0. The van der Waals surface area contributed by atoms with E-state index in [-0.39, 0.29) is 20.8 Å². The molecule has 0 aliphatic carbocycles. The fourth-order valence-corrected chi connectivity index (χ4v) is 8.39. The molecule has 0 spiro atoms. The first-order valence-electron chi connectivity index (χ1n) is 11.6. The normalized spacial score (nSPS) is 12.6. The zero-order valence-corrected chi connectivity index (χ0v) is 24.2. The lowest BCUT2D eigenvalue weighted by Gasteiger charge is -2.11. The summed E-state index contributed by atoms with van der Waals surface area (Å²) in [4.78, 5) is 0.184. The van der Waals surface area contributed by atoms with Gasteiger partial charge >= 0.3 is 0 Å². The van der Waals surface area contributed by atoms with E-state index >= 15 is 0 Å². The molecule has 6 nitrogen and oxygen atoms in total. The van der Waals surface area contributed by atoms with Crippen molar-refractivity contribution < 1.29 is 16.8 Å². The van der Waals surface area contributed by atoms with Gasteiger partial charge in [0, 0.05) is 20.3 Å². The van der Waals surface area contributed by atoms with Gasteiger partial charge in [0.15, 0.2) is 0 Å². The molecule has 0 aliphatic rings. The van der Waals surface area contributed by atoms with Crippen molar-refractivity contribution in [3.05, 3.63) is 106 Å². The molecule has 192 valence electrons. The van der Waals surface area contributed by atoms with Crippen LogP contribution in [0.3, 0.4) is 0 Å². The number of aryl methyl sites for hydroxylation is 2. The number of nitrogens with zero attached hydrogens (tertiary/aromatic N) is 2. The molecule has 38 heavy (non-hydrogen) atoms. The van der Waals surface area contributed by atoms with E-state index in [0.29, 0.717) is 31.3 Å². The second kappa shape index (κ2) is 8.71. The number of aromatic nitrogens is 2. The Bertz CT molecular complexity index is 1970. The van der Waals surface area contributed by atoms with Crippen LogP contribution in [0.25, 0.3) is 32.8 Å². The summed E-state index contributed by atoms with van der Waals surface area (Å²) in [5, 5.41) is 1.23. The summed E-state index contributed by atoms with van der Waals surface area (Å²) in [6.07, 6.45) is 0. The van der Waals surface area contributed by atoms with Gasteiger partial charge in [-0.15, -0.1) is 0 Å². The first-order valence-corrected chi connectivity index (χ1v) is 15.6. The minimum Gasteiger partial charge on any atom is -0.231 e. The third kappa shape index (κ3) is 3.71. The largest absolute Gasteiger partial charge is 0.268 e. The average Bonchev–Trinajstić information content (AvgIpc) is 3.37. The lowest BCUT2D eigenvalue weighted by Crippen LogP contribution is -2.13. The molecule has 0 fully saturated rings. The predicted octanol–water partition coefficient (Wildman–Crippen LogP) is 7.26. The Kier molecular flexibility index (Phi) is 5.77. The van der Waals surface area contributed by atoms with Gasteiger partial charge in [0.05, 0.1) is 31.9 Å². The van der Waals surface area contributed by atoms with E-state index in [0.717, 1.165) is 11.1 Å². The van der Waals surface area contributed by atoms with Crippen molar-refractivity contribution in [3.63, 3.8) is 0 Å². The van der Waals surface area contributed by atoms with E-state index in [9.17, 15) is 16.8 Å². The Morgan fingerprint density at radius 2 is 1.03 bits per heavy atom. The predicted molar refractivity (Wildman–Crippen MR) is 155 cm³/mol. The quantitative estimate of drug-likeness (QED) is 0.206. The minimum absolute atomic E-state index is 0.0918. The van der Waals surface area contributed by atoms with Crippen LogP contribution in [0.5, 0.6) is 0 Å². The maximum absolute atomic E-state index is 14.2. The highest BCUT2D eigenvalue weighted by atomic mass is 79.9. The number of fused-ring (bicyclic) bond motifs is 5. The smallest absolute Gasteiger partial charge is 0.231 e. The van der Waals surface area contributed by atoms with Crippen LogP contribution < -0.4 is 0 Å². The summed E-state index contributed by atoms with van der Waals surface area (Å²) in [7, 11) is -8.27. The fourth-order valence-electron chi connectivity index (χ4n) is 4.79. The zero-order valence-electron chi connectivity index (χ0n) is 20.2. The van der Waals surface area contributed by atoms with E-state index in [1.165, 1.54) is 7.94 Å². The molecule has 2 heterocycles. The second-order valence-electron chi connectivity index (χ2n) is 9.19. The summed E-state index contributed by atoms with van der Waals surface area (Å²) in [6.45, 7) is 3.76. The van der Waals surface area contributed by atoms with Gasteiger partial charge < -0.3 is 0 Å².